The number of aliphatic hydroxyl groups is 1. The number of likely N-dealkylation sites (tertiary alicyclic amines) is 1. The summed E-state index contributed by atoms with van der Waals surface area (Å²) in [6, 6.07) is 2.82. The molecule has 2 nitrogen and oxygen atoms in total. The first-order chi connectivity index (χ1) is 7.29. The summed E-state index contributed by atoms with van der Waals surface area (Å²) in [5.41, 5.74) is 1.44. The fourth-order valence-corrected chi connectivity index (χ4v) is 2.97. The van der Waals surface area contributed by atoms with Crippen LogP contribution in [0, 0.1) is 5.92 Å². The average Bonchev–Trinajstić information content (AvgIpc) is 2.86. The molecule has 0 saturated carbocycles. The average molecular weight is 225 g/mol. The molecule has 1 aliphatic rings. The molecule has 1 saturated heterocycles. The zero-order valence-corrected chi connectivity index (χ0v) is 10.0. The first-order valence-corrected chi connectivity index (χ1v) is 6.60. The number of rotatable bonds is 4. The van der Waals surface area contributed by atoms with Crippen LogP contribution in [0.1, 0.15) is 18.9 Å². The Kier molecular flexibility index (Phi) is 3.78. The minimum atomic E-state index is 0.349. The minimum absolute atomic E-state index is 0.349. The maximum Gasteiger partial charge on any atom is 0.0471 e. The van der Waals surface area contributed by atoms with Crippen molar-refractivity contribution < 1.29 is 5.11 Å². The van der Waals surface area contributed by atoms with Gasteiger partial charge in [0.1, 0.15) is 0 Å². The molecule has 2 rings (SSSR count). The molecule has 0 aromatic carbocycles. The van der Waals surface area contributed by atoms with Gasteiger partial charge >= 0.3 is 0 Å². The van der Waals surface area contributed by atoms with Gasteiger partial charge < -0.3 is 5.11 Å². The van der Waals surface area contributed by atoms with Crippen molar-refractivity contribution in [3.05, 3.63) is 22.4 Å². The minimum Gasteiger partial charge on any atom is -0.396 e. The summed E-state index contributed by atoms with van der Waals surface area (Å²) in [6.45, 7) is 4.86. The van der Waals surface area contributed by atoms with Crippen molar-refractivity contribution in [1.82, 2.24) is 4.90 Å². The van der Waals surface area contributed by atoms with Crippen molar-refractivity contribution in [2.75, 3.05) is 19.7 Å². The molecule has 1 fully saturated rings. The van der Waals surface area contributed by atoms with Crippen molar-refractivity contribution in [3.63, 3.8) is 0 Å². The Morgan fingerprint density at radius 1 is 1.67 bits per heavy atom. The van der Waals surface area contributed by atoms with E-state index in [9.17, 15) is 0 Å². The highest BCUT2D eigenvalue weighted by Gasteiger charge is 2.25. The van der Waals surface area contributed by atoms with Crippen LogP contribution >= 0.6 is 11.3 Å². The molecule has 0 radical (unpaired) electrons. The number of hydrogen-bond donors (Lipinski definition) is 1. The van der Waals surface area contributed by atoms with Gasteiger partial charge in [-0.1, -0.05) is 0 Å². The van der Waals surface area contributed by atoms with Crippen molar-refractivity contribution in [2.45, 2.75) is 25.8 Å². The Morgan fingerprint density at radius 3 is 3.13 bits per heavy atom. The van der Waals surface area contributed by atoms with Crippen LogP contribution in [0.2, 0.25) is 0 Å². The summed E-state index contributed by atoms with van der Waals surface area (Å²) in [7, 11) is 0. The van der Waals surface area contributed by atoms with E-state index in [0.29, 0.717) is 18.6 Å². The number of thiophene rings is 1. The summed E-state index contributed by atoms with van der Waals surface area (Å²) >= 11 is 1.77. The molecule has 1 aromatic heterocycles. The maximum absolute atomic E-state index is 9.10. The van der Waals surface area contributed by atoms with E-state index in [4.69, 9.17) is 5.11 Å². The summed E-state index contributed by atoms with van der Waals surface area (Å²) in [5, 5.41) is 13.5. The van der Waals surface area contributed by atoms with Crippen molar-refractivity contribution >= 4 is 11.3 Å². The lowest BCUT2D eigenvalue weighted by molar-refractivity contribution is 0.203. The van der Waals surface area contributed by atoms with Crippen LogP contribution in [-0.4, -0.2) is 35.7 Å². The van der Waals surface area contributed by atoms with Gasteiger partial charge in [0.15, 0.2) is 0 Å². The molecule has 15 heavy (non-hydrogen) atoms. The predicted octanol–water partition coefficient (Wildman–Crippen LogP) is 1.99. The maximum atomic E-state index is 9.10. The third-order valence-corrected chi connectivity index (χ3v) is 4.04. The summed E-state index contributed by atoms with van der Waals surface area (Å²) in [6.07, 6.45) is 2.30. The van der Waals surface area contributed by atoms with Crippen molar-refractivity contribution in [2.24, 2.45) is 5.92 Å². The van der Waals surface area contributed by atoms with Gasteiger partial charge in [0, 0.05) is 19.2 Å². The normalized spacial score (nSPS) is 24.5. The zero-order valence-electron chi connectivity index (χ0n) is 9.22. The number of hydrogen-bond acceptors (Lipinski definition) is 3. The lowest BCUT2D eigenvalue weighted by atomic mass is 10.1. The van der Waals surface area contributed by atoms with Crippen molar-refractivity contribution in [1.29, 1.82) is 0 Å². The van der Waals surface area contributed by atoms with Gasteiger partial charge in [0.2, 0.25) is 0 Å². The van der Waals surface area contributed by atoms with E-state index < -0.39 is 0 Å². The van der Waals surface area contributed by atoms with Gasteiger partial charge in [-0.15, -0.1) is 0 Å². The molecule has 0 spiro atoms. The highest BCUT2D eigenvalue weighted by molar-refractivity contribution is 7.07. The molecule has 1 aromatic rings. The Labute approximate surface area is 95.5 Å². The Bertz CT molecular complexity index is 286. The fourth-order valence-electron chi connectivity index (χ4n) is 2.29. The molecule has 0 amide bonds. The van der Waals surface area contributed by atoms with E-state index in [-0.39, 0.29) is 0 Å². The SMILES string of the molecule is CC(Cc1ccsc1)N1CCC(CO)C1. The second kappa shape index (κ2) is 5.10. The third-order valence-electron chi connectivity index (χ3n) is 3.31. The Morgan fingerprint density at radius 2 is 2.53 bits per heavy atom. The van der Waals surface area contributed by atoms with Gasteiger partial charge in [-0.05, 0) is 54.6 Å². The third kappa shape index (κ3) is 2.80. The van der Waals surface area contributed by atoms with Gasteiger partial charge in [0.25, 0.3) is 0 Å². The van der Waals surface area contributed by atoms with E-state index in [1.807, 2.05) is 0 Å². The molecule has 0 aliphatic carbocycles. The zero-order chi connectivity index (χ0) is 10.7. The summed E-state index contributed by atoms with van der Waals surface area (Å²) in [5.74, 6) is 0.509. The molecule has 0 bridgehead atoms. The van der Waals surface area contributed by atoms with E-state index in [1.54, 1.807) is 11.3 Å². The number of nitrogens with zero attached hydrogens (tertiary/aromatic N) is 1. The van der Waals surface area contributed by atoms with E-state index in [0.717, 1.165) is 25.9 Å². The summed E-state index contributed by atoms with van der Waals surface area (Å²) in [4.78, 5) is 2.50. The topological polar surface area (TPSA) is 23.5 Å². The Hall–Kier alpha value is -0.380. The smallest absolute Gasteiger partial charge is 0.0471 e. The second-order valence-electron chi connectivity index (χ2n) is 4.52. The van der Waals surface area contributed by atoms with Gasteiger partial charge in [-0.3, -0.25) is 4.90 Å². The van der Waals surface area contributed by atoms with E-state index in [1.165, 1.54) is 5.56 Å². The first kappa shape index (κ1) is 11.1. The fraction of sp³-hybridized carbons (Fsp3) is 0.667. The van der Waals surface area contributed by atoms with Crippen LogP contribution in [0.4, 0.5) is 0 Å². The first-order valence-electron chi connectivity index (χ1n) is 5.65. The van der Waals surface area contributed by atoms with E-state index >= 15 is 0 Å². The highest BCUT2D eigenvalue weighted by Crippen LogP contribution is 2.20. The molecule has 1 N–H and O–H groups in total. The number of aliphatic hydroxyl groups excluding tert-OH is 1. The highest BCUT2D eigenvalue weighted by atomic mass is 32.1. The lowest BCUT2D eigenvalue weighted by Crippen LogP contribution is -2.32. The molecule has 1 aliphatic heterocycles. The second-order valence-corrected chi connectivity index (χ2v) is 5.30. The lowest BCUT2D eigenvalue weighted by Gasteiger charge is -2.23. The molecule has 2 atom stereocenters. The van der Waals surface area contributed by atoms with Gasteiger partial charge in [0.05, 0.1) is 0 Å². The van der Waals surface area contributed by atoms with Gasteiger partial charge in [-0.2, -0.15) is 11.3 Å². The Balaban J connectivity index is 1.84. The largest absolute Gasteiger partial charge is 0.396 e. The van der Waals surface area contributed by atoms with Gasteiger partial charge in [-0.25, -0.2) is 0 Å². The van der Waals surface area contributed by atoms with Crippen LogP contribution in [0.3, 0.4) is 0 Å². The van der Waals surface area contributed by atoms with Crippen LogP contribution in [0.15, 0.2) is 16.8 Å². The predicted molar refractivity (Wildman–Crippen MR) is 64.3 cm³/mol. The molecular weight excluding hydrogens is 206 g/mol. The quantitative estimate of drug-likeness (QED) is 0.847. The monoisotopic (exact) mass is 225 g/mol. The molecule has 84 valence electrons. The van der Waals surface area contributed by atoms with Crippen LogP contribution in [-0.2, 0) is 6.42 Å². The molecular formula is C12H19NOS. The van der Waals surface area contributed by atoms with Crippen LogP contribution in [0.5, 0.6) is 0 Å². The molecule has 2 heterocycles. The standard InChI is InChI=1S/C12H19NOS/c1-10(6-11-3-5-15-9-11)13-4-2-12(7-13)8-14/h3,5,9-10,12,14H,2,4,6-8H2,1H3. The molecule has 2 unspecified atom stereocenters. The van der Waals surface area contributed by atoms with Crippen LogP contribution in [0.25, 0.3) is 0 Å². The molecule has 3 heteroatoms. The van der Waals surface area contributed by atoms with Crippen molar-refractivity contribution in [3.8, 4) is 0 Å². The van der Waals surface area contributed by atoms with Crippen LogP contribution < -0.4 is 0 Å². The van der Waals surface area contributed by atoms with E-state index in [2.05, 4.69) is 28.7 Å². The summed E-state index contributed by atoms with van der Waals surface area (Å²) < 4.78 is 0.